The molecule has 6 nitrogen and oxygen atoms in total. The second-order valence-corrected chi connectivity index (χ2v) is 2.77. The van der Waals surface area contributed by atoms with Crippen LogP contribution in [0.25, 0.3) is 0 Å². The first kappa shape index (κ1) is 10.7. The van der Waals surface area contributed by atoms with Crippen LogP contribution in [0.15, 0.2) is 12.5 Å². The maximum atomic E-state index is 11.4. The van der Waals surface area contributed by atoms with Gasteiger partial charge in [0.15, 0.2) is 0 Å². The summed E-state index contributed by atoms with van der Waals surface area (Å²) >= 11 is 0. The van der Waals surface area contributed by atoms with Crippen LogP contribution < -0.4 is 0 Å². The number of nitrogens with zero attached hydrogens (tertiary/aromatic N) is 4. The predicted molar refractivity (Wildman–Crippen MR) is 48.5 cm³/mol. The van der Waals surface area contributed by atoms with Gasteiger partial charge in [-0.05, 0) is 6.92 Å². The smallest absolute Gasteiger partial charge is 0.420 e. The number of aromatic nitrogens is 2. The zero-order chi connectivity index (χ0) is 11.3. The molecule has 1 heterocycles. The molecule has 0 aliphatic carbocycles. The van der Waals surface area contributed by atoms with E-state index in [0.29, 0.717) is 5.69 Å². The summed E-state index contributed by atoms with van der Waals surface area (Å²) in [4.78, 5) is 15.1. The van der Waals surface area contributed by atoms with E-state index in [2.05, 4.69) is 4.98 Å². The largest absolute Gasteiger partial charge is 0.429 e. The molecule has 1 aromatic rings. The van der Waals surface area contributed by atoms with Gasteiger partial charge >= 0.3 is 6.09 Å². The normalized spacial score (nSPS) is 11.1. The lowest BCUT2D eigenvalue weighted by atomic mass is 10.3. The van der Waals surface area contributed by atoms with Crippen molar-refractivity contribution in [1.82, 2.24) is 9.55 Å². The third kappa shape index (κ3) is 2.55. The molecule has 6 heteroatoms. The molecular weight excluding hydrogens is 196 g/mol. The van der Waals surface area contributed by atoms with Crippen LogP contribution in [0, 0.1) is 29.6 Å². The van der Waals surface area contributed by atoms with Crippen LogP contribution in [0.2, 0.25) is 0 Å². The molecule has 0 aromatic carbocycles. The molecule has 0 saturated heterocycles. The number of nitriles is 2. The Balaban J connectivity index is 2.69. The van der Waals surface area contributed by atoms with Crippen molar-refractivity contribution < 1.29 is 9.53 Å². The first-order valence-corrected chi connectivity index (χ1v) is 4.15. The summed E-state index contributed by atoms with van der Waals surface area (Å²) in [5.74, 6) is 0. The molecule has 0 bridgehead atoms. The molecule has 1 aromatic heterocycles. The highest BCUT2D eigenvalue weighted by atomic mass is 16.6. The molecule has 0 amide bonds. The lowest BCUT2D eigenvalue weighted by Gasteiger charge is -2.08. The van der Waals surface area contributed by atoms with Crippen molar-refractivity contribution in [2.75, 3.05) is 0 Å². The molecule has 1 atom stereocenters. The van der Waals surface area contributed by atoms with E-state index in [1.165, 1.54) is 17.1 Å². The second-order valence-electron chi connectivity index (χ2n) is 2.77. The number of hydrogen-bond donors (Lipinski definition) is 0. The Morgan fingerprint density at radius 2 is 2.47 bits per heavy atom. The fraction of sp³-hybridized carbons (Fsp3) is 0.333. The molecule has 1 rings (SSSR count). The monoisotopic (exact) mass is 204 g/mol. The van der Waals surface area contributed by atoms with E-state index in [0.717, 1.165) is 0 Å². The lowest BCUT2D eigenvalue weighted by Crippen LogP contribution is -2.21. The number of aryl methyl sites for hydroxylation is 1. The summed E-state index contributed by atoms with van der Waals surface area (Å²) in [6, 6.07) is 3.48. The highest BCUT2D eigenvalue weighted by molar-refractivity contribution is 5.71. The number of ether oxygens (including phenoxy) is 1. The molecule has 1 unspecified atom stereocenters. The number of imidazole rings is 1. The fourth-order valence-corrected chi connectivity index (χ4v) is 0.927. The maximum Gasteiger partial charge on any atom is 0.420 e. The quantitative estimate of drug-likeness (QED) is 0.715. The number of rotatable bonds is 2. The van der Waals surface area contributed by atoms with Gasteiger partial charge in [0.1, 0.15) is 12.4 Å². The molecular formula is C9H8N4O2. The van der Waals surface area contributed by atoms with Gasteiger partial charge in [0, 0.05) is 11.9 Å². The van der Waals surface area contributed by atoms with E-state index in [1.807, 2.05) is 0 Å². The summed E-state index contributed by atoms with van der Waals surface area (Å²) in [5, 5.41) is 16.9. The predicted octanol–water partition coefficient (Wildman–Crippen LogP) is 0.982. The van der Waals surface area contributed by atoms with Crippen LogP contribution in [0.5, 0.6) is 0 Å². The Labute approximate surface area is 86.3 Å². The minimum absolute atomic E-state index is 0.143. The van der Waals surface area contributed by atoms with Gasteiger partial charge in [-0.1, -0.05) is 0 Å². The van der Waals surface area contributed by atoms with Crippen molar-refractivity contribution in [3.63, 3.8) is 0 Å². The van der Waals surface area contributed by atoms with Gasteiger partial charge in [0.2, 0.25) is 6.10 Å². The molecule has 0 saturated carbocycles. The third-order valence-corrected chi connectivity index (χ3v) is 1.68. The van der Waals surface area contributed by atoms with Gasteiger partial charge in [0.25, 0.3) is 0 Å². The first-order chi connectivity index (χ1) is 7.19. The van der Waals surface area contributed by atoms with Crippen molar-refractivity contribution in [2.45, 2.75) is 19.4 Å². The van der Waals surface area contributed by atoms with E-state index < -0.39 is 12.2 Å². The van der Waals surface area contributed by atoms with Crippen molar-refractivity contribution in [3.8, 4) is 12.1 Å². The number of hydrogen-bond acceptors (Lipinski definition) is 5. The number of carbonyl (C=O) groups excluding carboxylic acids is 1. The SMILES string of the molecule is Cc1cncn1C(=O)OC(C#N)CC#N. The Hall–Kier alpha value is -2.34. The van der Waals surface area contributed by atoms with Crippen LogP contribution in [0.1, 0.15) is 12.1 Å². The zero-order valence-electron chi connectivity index (χ0n) is 8.04. The van der Waals surface area contributed by atoms with Crippen LogP contribution in [-0.2, 0) is 4.74 Å². The molecule has 0 aliphatic heterocycles. The van der Waals surface area contributed by atoms with Crippen LogP contribution in [0.4, 0.5) is 4.79 Å². The van der Waals surface area contributed by atoms with E-state index in [4.69, 9.17) is 15.3 Å². The molecule has 15 heavy (non-hydrogen) atoms. The molecule has 0 N–H and O–H groups in total. The Morgan fingerprint density at radius 1 is 1.73 bits per heavy atom. The molecule has 0 fully saturated rings. The van der Waals surface area contributed by atoms with Crippen LogP contribution in [0.3, 0.4) is 0 Å². The third-order valence-electron chi connectivity index (χ3n) is 1.68. The second kappa shape index (κ2) is 4.77. The standard InChI is InChI=1S/C9H8N4O2/c1-7-5-12-6-13(7)9(14)15-8(4-11)2-3-10/h5-6,8H,2H2,1H3. The van der Waals surface area contributed by atoms with Crippen molar-refractivity contribution in [1.29, 1.82) is 10.5 Å². The Kier molecular flexibility index (Phi) is 3.42. The molecule has 0 radical (unpaired) electrons. The van der Waals surface area contributed by atoms with E-state index in [1.54, 1.807) is 19.1 Å². The minimum atomic E-state index is -1.04. The summed E-state index contributed by atoms with van der Waals surface area (Å²) in [5.41, 5.74) is 0.605. The summed E-state index contributed by atoms with van der Waals surface area (Å²) in [6.45, 7) is 1.68. The van der Waals surface area contributed by atoms with E-state index >= 15 is 0 Å². The average Bonchev–Trinajstić information content (AvgIpc) is 2.63. The van der Waals surface area contributed by atoms with Gasteiger partial charge in [-0.25, -0.2) is 14.3 Å². The fourth-order valence-electron chi connectivity index (χ4n) is 0.927. The average molecular weight is 204 g/mol. The van der Waals surface area contributed by atoms with Gasteiger partial charge < -0.3 is 4.74 Å². The van der Waals surface area contributed by atoms with Crippen molar-refractivity contribution >= 4 is 6.09 Å². The maximum absolute atomic E-state index is 11.4. The lowest BCUT2D eigenvalue weighted by molar-refractivity contribution is 0.125. The molecule has 76 valence electrons. The Bertz CT molecular complexity index is 438. The summed E-state index contributed by atoms with van der Waals surface area (Å²) < 4.78 is 5.93. The Morgan fingerprint density at radius 3 is 2.93 bits per heavy atom. The van der Waals surface area contributed by atoms with Gasteiger partial charge in [-0.15, -0.1) is 0 Å². The minimum Gasteiger partial charge on any atom is -0.429 e. The number of carbonyl (C=O) groups is 1. The first-order valence-electron chi connectivity index (χ1n) is 4.15. The van der Waals surface area contributed by atoms with E-state index in [9.17, 15) is 4.79 Å². The van der Waals surface area contributed by atoms with Crippen LogP contribution >= 0.6 is 0 Å². The van der Waals surface area contributed by atoms with Crippen molar-refractivity contribution in [3.05, 3.63) is 18.2 Å². The molecule has 0 spiro atoms. The molecule has 0 aliphatic rings. The topological polar surface area (TPSA) is 91.7 Å². The van der Waals surface area contributed by atoms with Gasteiger partial charge in [-0.2, -0.15) is 10.5 Å². The van der Waals surface area contributed by atoms with E-state index in [-0.39, 0.29) is 6.42 Å². The zero-order valence-corrected chi connectivity index (χ0v) is 8.04. The van der Waals surface area contributed by atoms with Gasteiger partial charge in [-0.3, -0.25) is 0 Å². The summed E-state index contributed by atoms with van der Waals surface area (Å²) in [7, 11) is 0. The highest BCUT2D eigenvalue weighted by Crippen LogP contribution is 2.02. The van der Waals surface area contributed by atoms with Crippen LogP contribution in [-0.4, -0.2) is 21.7 Å². The van der Waals surface area contributed by atoms with Gasteiger partial charge in [0.05, 0.1) is 12.5 Å². The van der Waals surface area contributed by atoms with Crippen molar-refractivity contribution in [2.24, 2.45) is 0 Å². The highest BCUT2D eigenvalue weighted by Gasteiger charge is 2.15. The summed E-state index contributed by atoms with van der Waals surface area (Å²) in [6.07, 6.45) is 0.901.